The first kappa shape index (κ1) is 14.3. The van der Waals surface area contributed by atoms with E-state index >= 15 is 0 Å². The fourth-order valence-electron chi connectivity index (χ4n) is 0.854. The zero-order valence-electron chi connectivity index (χ0n) is 7.95. The van der Waals surface area contributed by atoms with Crippen LogP contribution in [0.1, 0.15) is 52.4 Å². The first-order valence-electron chi connectivity index (χ1n) is 4.57. The van der Waals surface area contributed by atoms with E-state index in [0.29, 0.717) is 0 Å². The van der Waals surface area contributed by atoms with Gasteiger partial charge >= 0.3 is 6.68 Å². The zero-order chi connectivity index (χ0) is 9.82. The second-order valence-corrected chi connectivity index (χ2v) is 2.66. The quantitative estimate of drug-likeness (QED) is 0.550. The number of rotatable bonds is 5. The standard InChI is InChI=1S/C8H18.CHF3/c1-3-5-7-8-6-4-2;2-1(3)4/h3-8H2,1-2H3;1H. The molecule has 0 aliphatic carbocycles. The molecule has 76 valence electrons. The Morgan fingerprint density at radius 1 is 0.750 bits per heavy atom. The van der Waals surface area contributed by atoms with Crippen molar-refractivity contribution in [3.8, 4) is 0 Å². The summed E-state index contributed by atoms with van der Waals surface area (Å²) in [6, 6.07) is 0. The van der Waals surface area contributed by atoms with Crippen molar-refractivity contribution >= 4 is 0 Å². The number of hydrogen-bond acceptors (Lipinski definition) is 0. The average Bonchev–Trinajstić information content (AvgIpc) is 1.97. The van der Waals surface area contributed by atoms with Crippen LogP contribution in [0.15, 0.2) is 0 Å². The van der Waals surface area contributed by atoms with Gasteiger partial charge in [-0.2, -0.15) is 13.2 Å². The minimum Gasteiger partial charge on any atom is -0.174 e. The highest BCUT2D eigenvalue weighted by molar-refractivity contribution is 4.39. The molecule has 0 aliphatic heterocycles. The summed E-state index contributed by atoms with van der Waals surface area (Å²) in [7, 11) is 0. The van der Waals surface area contributed by atoms with Gasteiger partial charge in [-0.05, 0) is 0 Å². The lowest BCUT2D eigenvalue weighted by molar-refractivity contribution is 0.00819. The van der Waals surface area contributed by atoms with E-state index in [4.69, 9.17) is 0 Å². The van der Waals surface area contributed by atoms with Crippen molar-refractivity contribution in [2.24, 2.45) is 0 Å². The van der Waals surface area contributed by atoms with E-state index in [-0.39, 0.29) is 0 Å². The van der Waals surface area contributed by atoms with E-state index in [1.165, 1.54) is 38.5 Å². The van der Waals surface area contributed by atoms with Crippen LogP contribution in [0.2, 0.25) is 0 Å². The van der Waals surface area contributed by atoms with Gasteiger partial charge in [0.15, 0.2) is 0 Å². The largest absolute Gasteiger partial charge is 0.379 e. The predicted octanol–water partition coefficient (Wildman–Crippen LogP) is 4.55. The molecule has 0 nitrogen and oxygen atoms in total. The van der Waals surface area contributed by atoms with Crippen molar-refractivity contribution in [1.29, 1.82) is 0 Å². The zero-order valence-corrected chi connectivity index (χ0v) is 7.95. The fourth-order valence-corrected chi connectivity index (χ4v) is 0.854. The van der Waals surface area contributed by atoms with Gasteiger partial charge in [0.1, 0.15) is 0 Å². The van der Waals surface area contributed by atoms with Crippen LogP contribution in [0.25, 0.3) is 0 Å². The highest BCUT2D eigenvalue weighted by Crippen LogP contribution is 2.03. The molecular formula is C9H19F3. The Morgan fingerprint density at radius 2 is 1.00 bits per heavy atom. The van der Waals surface area contributed by atoms with Crippen LogP contribution in [-0.2, 0) is 0 Å². The van der Waals surface area contributed by atoms with E-state index in [1.54, 1.807) is 0 Å². The van der Waals surface area contributed by atoms with Crippen LogP contribution >= 0.6 is 0 Å². The topological polar surface area (TPSA) is 0 Å². The summed E-state index contributed by atoms with van der Waals surface area (Å²) < 4.78 is 29.0. The molecule has 0 amide bonds. The molecule has 0 radical (unpaired) electrons. The average molecular weight is 184 g/mol. The monoisotopic (exact) mass is 184 g/mol. The Balaban J connectivity index is 0. The smallest absolute Gasteiger partial charge is 0.174 e. The SMILES string of the molecule is CCCCCCCC.FC(F)F. The normalized spacial score (nSPS) is 9.50. The summed E-state index contributed by atoms with van der Waals surface area (Å²) in [6.07, 6.45) is 8.49. The van der Waals surface area contributed by atoms with Gasteiger partial charge < -0.3 is 0 Å². The molecule has 0 fully saturated rings. The molecule has 0 aromatic rings. The minimum absolute atomic E-state index is 1.36. The summed E-state index contributed by atoms with van der Waals surface area (Å²) in [6.45, 7) is 0.845. The lowest BCUT2D eigenvalue weighted by Crippen LogP contribution is -1.73. The number of hydrogen-bond donors (Lipinski definition) is 0. The molecule has 0 atom stereocenters. The molecule has 0 aliphatic rings. The number of halogens is 3. The lowest BCUT2D eigenvalue weighted by Gasteiger charge is -1.93. The van der Waals surface area contributed by atoms with Crippen molar-refractivity contribution in [2.45, 2.75) is 59.1 Å². The number of unbranched alkanes of at least 4 members (excludes halogenated alkanes) is 5. The highest BCUT2D eigenvalue weighted by Gasteiger charge is 1.86. The van der Waals surface area contributed by atoms with E-state index in [0.717, 1.165) is 0 Å². The van der Waals surface area contributed by atoms with Crippen LogP contribution in [0.5, 0.6) is 0 Å². The molecule has 0 N–H and O–H groups in total. The Bertz CT molecular complexity index is 56.0. The van der Waals surface area contributed by atoms with Gasteiger partial charge in [0.2, 0.25) is 0 Å². The Hall–Kier alpha value is -0.210. The molecule has 3 heteroatoms. The molecule has 0 bridgehead atoms. The molecule has 0 heterocycles. The van der Waals surface area contributed by atoms with Crippen LogP contribution in [0.4, 0.5) is 13.2 Å². The molecule has 0 unspecified atom stereocenters. The van der Waals surface area contributed by atoms with Gasteiger partial charge in [0, 0.05) is 0 Å². The first-order chi connectivity index (χ1) is 5.65. The third kappa shape index (κ3) is 33.0. The molecule has 0 aromatic heterocycles. The minimum atomic E-state index is -3.67. The summed E-state index contributed by atoms with van der Waals surface area (Å²) in [5.41, 5.74) is 0. The van der Waals surface area contributed by atoms with Gasteiger partial charge in [0.25, 0.3) is 0 Å². The van der Waals surface area contributed by atoms with Crippen LogP contribution in [-0.4, -0.2) is 6.68 Å². The van der Waals surface area contributed by atoms with Gasteiger partial charge in [-0.25, -0.2) is 0 Å². The summed E-state index contributed by atoms with van der Waals surface area (Å²) in [5.74, 6) is 0. The van der Waals surface area contributed by atoms with Crippen LogP contribution in [0, 0.1) is 0 Å². The summed E-state index contributed by atoms with van der Waals surface area (Å²) >= 11 is 0. The predicted molar refractivity (Wildman–Crippen MR) is 46.2 cm³/mol. The molecular weight excluding hydrogens is 165 g/mol. The molecule has 0 rings (SSSR count). The van der Waals surface area contributed by atoms with E-state index in [9.17, 15) is 13.2 Å². The van der Waals surface area contributed by atoms with E-state index in [2.05, 4.69) is 13.8 Å². The van der Waals surface area contributed by atoms with Crippen LogP contribution < -0.4 is 0 Å². The Morgan fingerprint density at radius 3 is 1.17 bits per heavy atom. The lowest BCUT2D eigenvalue weighted by atomic mass is 10.1. The van der Waals surface area contributed by atoms with Gasteiger partial charge in [-0.3, -0.25) is 0 Å². The maximum absolute atomic E-state index is 9.67. The molecule has 12 heavy (non-hydrogen) atoms. The maximum atomic E-state index is 9.67. The van der Waals surface area contributed by atoms with Crippen molar-refractivity contribution in [3.63, 3.8) is 0 Å². The van der Waals surface area contributed by atoms with Crippen LogP contribution in [0.3, 0.4) is 0 Å². The van der Waals surface area contributed by atoms with Gasteiger partial charge in [-0.1, -0.05) is 52.4 Å². The second kappa shape index (κ2) is 13.4. The highest BCUT2D eigenvalue weighted by atomic mass is 19.4. The summed E-state index contributed by atoms with van der Waals surface area (Å²) in [5, 5.41) is 0. The molecule has 0 aromatic carbocycles. The molecule has 0 saturated heterocycles. The fraction of sp³-hybridized carbons (Fsp3) is 1.00. The third-order valence-electron chi connectivity index (χ3n) is 1.46. The van der Waals surface area contributed by atoms with Gasteiger partial charge in [0.05, 0.1) is 0 Å². The van der Waals surface area contributed by atoms with Crippen molar-refractivity contribution in [3.05, 3.63) is 0 Å². The number of alkyl halides is 3. The van der Waals surface area contributed by atoms with Gasteiger partial charge in [-0.15, -0.1) is 0 Å². The van der Waals surface area contributed by atoms with Crippen molar-refractivity contribution < 1.29 is 13.2 Å². The van der Waals surface area contributed by atoms with E-state index in [1.807, 2.05) is 0 Å². The molecule has 0 spiro atoms. The summed E-state index contributed by atoms with van der Waals surface area (Å²) in [4.78, 5) is 0. The second-order valence-electron chi connectivity index (χ2n) is 2.66. The van der Waals surface area contributed by atoms with Crippen molar-refractivity contribution in [1.82, 2.24) is 0 Å². The van der Waals surface area contributed by atoms with E-state index < -0.39 is 6.68 Å². The Labute approximate surface area is 73.2 Å². The first-order valence-corrected chi connectivity index (χ1v) is 4.57. The third-order valence-corrected chi connectivity index (χ3v) is 1.46. The van der Waals surface area contributed by atoms with Crippen molar-refractivity contribution in [2.75, 3.05) is 0 Å². The molecule has 0 saturated carbocycles. The Kier molecular flexibility index (Phi) is 16.0. The maximum Gasteiger partial charge on any atom is 0.379 e.